The molecule has 32 heavy (non-hydrogen) atoms. The number of likely N-dealkylation sites (tertiary alicyclic amines) is 1. The van der Waals surface area contributed by atoms with Crippen LogP contribution in [0, 0.1) is 0 Å². The van der Waals surface area contributed by atoms with Crippen LogP contribution in [0.15, 0.2) is 36.3 Å². The van der Waals surface area contributed by atoms with Gasteiger partial charge in [-0.25, -0.2) is 0 Å². The highest BCUT2D eigenvalue weighted by Crippen LogP contribution is 2.26. The van der Waals surface area contributed by atoms with Gasteiger partial charge in [-0.1, -0.05) is 13.0 Å². The first-order valence-electron chi connectivity index (χ1n) is 11.5. The minimum atomic E-state index is 0.0778. The molecule has 0 N–H and O–H groups in total. The molecule has 0 aromatic carbocycles. The highest BCUT2D eigenvalue weighted by atomic mass is 16.1. The molecule has 7 heteroatoms. The molecule has 2 aliphatic heterocycles. The number of hydrogen-bond acceptors (Lipinski definition) is 7. The lowest BCUT2D eigenvalue weighted by molar-refractivity contribution is -0.116. The van der Waals surface area contributed by atoms with E-state index in [1.807, 2.05) is 37.5 Å². The monoisotopic (exact) mass is 431 g/mol. The van der Waals surface area contributed by atoms with E-state index in [0.717, 1.165) is 80.4 Å². The van der Waals surface area contributed by atoms with Crippen LogP contribution in [0.1, 0.15) is 47.1 Å². The van der Waals surface area contributed by atoms with Gasteiger partial charge in [0.05, 0.1) is 23.3 Å². The minimum absolute atomic E-state index is 0.0778. The summed E-state index contributed by atoms with van der Waals surface area (Å²) in [6.45, 7) is 8.39. The first-order chi connectivity index (χ1) is 15.6. The highest BCUT2D eigenvalue weighted by molar-refractivity contribution is 6.02. The fourth-order valence-corrected chi connectivity index (χ4v) is 4.57. The van der Waals surface area contributed by atoms with E-state index < -0.39 is 0 Å². The number of hydrogen-bond donors (Lipinski definition) is 0. The van der Waals surface area contributed by atoms with Crippen LogP contribution in [0.3, 0.4) is 0 Å². The fourth-order valence-electron chi connectivity index (χ4n) is 4.57. The molecule has 2 aromatic heterocycles. The molecule has 0 saturated carbocycles. The van der Waals surface area contributed by atoms with Gasteiger partial charge < -0.3 is 9.80 Å². The number of carbonyl (C=O) groups excluding carboxylic acids is 2. The van der Waals surface area contributed by atoms with Crippen LogP contribution in [-0.2, 0) is 17.8 Å². The molecule has 0 unspecified atom stereocenters. The number of Topliss-reactive ketones (excluding diaryl/α,β-unsaturated/α-hetero) is 2. The van der Waals surface area contributed by atoms with Gasteiger partial charge >= 0.3 is 0 Å². The van der Waals surface area contributed by atoms with Crippen molar-refractivity contribution in [3.63, 3.8) is 0 Å². The van der Waals surface area contributed by atoms with E-state index >= 15 is 0 Å². The molecule has 2 saturated heterocycles. The molecule has 2 fully saturated rings. The van der Waals surface area contributed by atoms with Crippen LogP contribution in [0.5, 0.6) is 0 Å². The lowest BCUT2D eigenvalue weighted by Crippen LogP contribution is -2.46. The molecule has 0 bridgehead atoms. The number of rotatable bonds is 6. The van der Waals surface area contributed by atoms with Crippen molar-refractivity contribution in [2.75, 3.05) is 44.2 Å². The number of pyridine rings is 2. The first-order valence-corrected chi connectivity index (χ1v) is 11.5. The second-order valence-electron chi connectivity index (χ2n) is 8.80. The summed E-state index contributed by atoms with van der Waals surface area (Å²) in [5.74, 6) is 0.291. The van der Waals surface area contributed by atoms with Crippen LogP contribution < -0.4 is 4.90 Å². The summed E-state index contributed by atoms with van der Waals surface area (Å²) in [6.07, 6.45) is 7.83. The lowest BCUT2D eigenvalue weighted by Gasteiger charge is -2.36. The number of fused-ring (bicyclic) bond motifs is 1. The van der Waals surface area contributed by atoms with Crippen molar-refractivity contribution in [3.8, 4) is 0 Å². The van der Waals surface area contributed by atoms with E-state index in [1.54, 1.807) is 0 Å². The van der Waals surface area contributed by atoms with E-state index in [1.165, 1.54) is 0 Å². The summed E-state index contributed by atoms with van der Waals surface area (Å²) in [7, 11) is 0. The third kappa shape index (κ3) is 4.17. The predicted molar refractivity (Wildman–Crippen MR) is 123 cm³/mol. The van der Waals surface area contributed by atoms with Crippen molar-refractivity contribution in [1.82, 2.24) is 19.8 Å². The van der Waals surface area contributed by atoms with Crippen molar-refractivity contribution >= 4 is 23.3 Å². The summed E-state index contributed by atoms with van der Waals surface area (Å²) >= 11 is 0. The zero-order valence-corrected chi connectivity index (χ0v) is 18.6. The third-order valence-electron chi connectivity index (χ3n) is 6.66. The summed E-state index contributed by atoms with van der Waals surface area (Å²) in [4.78, 5) is 40.2. The third-order valence-corrected chi connectivity index (χ3v) is 6.66. The van der Waals surface area contributed by atoms with Crippen molar-refractivity contribution < 1.29 is 9.59 Å². The van der Waals surface area contributed by atoms with Crippen molar-refractivity contribution in [2.24, 2.45) is 0 Å². The number of nitrogens with zero attached hydrogens (tertiary/aromatic N) is 5. The Morgan fingerprint density at radius 3 is 2.47 bits per heavy atom. The Bertz CT molecular complexity index is 1050. The summed E-state index contributed by atoms with van der Waals surface area (Å²) in [5, 5.41) is 0. The van der Waals surface area contributed by atoms with Gasteiger partial charge in [-0.15, -0.1) is 0 Å². The average molecular weight is 432 g/mol. The van der Waals surface area contributed by atoms with Crippen LogP contribution in [0.2, 0.25) is 0 Å². The normalized spacial score (nSPS) is 18.8. The maximum absolute atomic E-state index is 12.6. The molecule has 1 aliphatic carbocycles. The van der Waals surface area contributed by atoms with E-state index in [2.05, 4.69) is 30.7 Å². The van der Waals surface area contributed by atoms with Crippen LogP contribution in [-0.4, -0.2) is 70.6 Å². The Morgan fingerprint density at radius 1 is 1.00 bits per heavy atom. The summed E-state index contributed by atoms with van der Waals surface area (Å²) in [6, 6.07) is 5.98. The van der Waals surface area contributed by atoms with E-state index in [0.29, 0.717) is 18.5 Å². The smallest absolute Gasteiger partial charge is 0.183 e. The Morgan fingerprint density at radius 2 is 1.81 bits per heavy atom. The Kier molecular flexibility index (Phi) is 5.74. The van der Waals surface area contributed by atoms with Crippen LogP contribution in [0.25, 0.3) is 6.08 Å². The lowest BCUT2D eigenvalue weighted by atomic mass is 9.95. The molecule has 0 amide bonds. The molecule has 7 nitrogen and oxygen atoms in total. The van der Waals surface area contributed by atoms with Crippen molar-refractivity contribution in [1.29, 1.82) is 0 Å². The molecule has 166 valence electrons. The zero-order valence-electron chi connectivity index (χ0n) is 18.6. The highest BCUT2D eigenvalue weighted by Gasteiger charge is 2.27. The first kappa shape index (κ1) is 20.8. The van der Waals surface area contributed by atoms with E-state index in [-0.39, 0.29) is 11.6 Å². The number of aromatic nitrogens is 2. The Labute approximate surface area is 188 Å². The molecule has 0 spiro atoms. The van der Waals surface area contributed by atoms with Gasteiger partial charge in [0.15, 0.2) is 11.6 Å². The molecule has 0 atom stereocenters. The molecule has 0 radical (unpaired) electrons. The van der Waals surface area contributed by atoms with Gasteiger partial charge in [0.1, 0.15) is 5.69 Å². The van der Waals surface area contributed by atoms with Gasteiger partial charge in [0.25, 0.3) is 0 Å². The number of anilines is 1. The molecule has 5 rings (SSSR count). The zero-order chi connectivity index (χ0) is 22.1. The Hall–Kier alpha value is -3.06. The molecular weight excluding hydrogens is 402 g/mol. The number of allylic oxidation sites excluding steroid dienone is 1. The maximum Gasteiger partial charge on any atom is 0.183 e. The summed E-state index contributed by atoms with van der Waals surface area (Å²) < 4.78 is 0. The van der Waals surface area contributed by atoms with Crippen molar-refractivity contribution in [3.05, 3.63) is 58.8 Å². The molecule has 4 heterocycles. The van der Waals surface area contributed by atoms with Gasteiger partial charge in [-0.3, -0.25) is 24.5 Å². The maximum atomic E-state index is 12.6. The van der Waals surface area contributed by atoms with E-state index in [4.69, 9.17) is 0 Å². The SMILES string of the molecule is CCC(=O)c1ccc(N2CCN(Cc3cnc4c(c3)CC(=O)C(N3CCC3)=C4)CC2)cn1. The van der Waals surface area contributed by atoms with Gasteiger partial charge in [-0.05, 0) is 35.8 Å². The quantitative estimate of drug-likeness (QED) is 0.651. The Balaban J connectivity index is 1.19. The standard InChI is InChI=1S/C25H29N5O2/c1-2-24(31)21-5-4-20(16-27-21)29-10-8-28(9-11-29)17-18-12-19-13-25(32)23(30-6-3-7-30)14-22(19)26-15-18/h4-5,12,14-16H,2-3,6-11,13,17H2,1H3. The van der Waals surface area contributed by atoms with Crippen LogP contribution >= 0.6 is 0 Å². The second kappa shape index (κ2) is 8.82. The van der Waals surface area contributed by atoms with E-state index in [9.17, 15) is 9.59 Å². The van der Waals surface area contributed by atoms with Crippen LogP contribution in [0.4, 0.5) is 5.69 Å². The number of ketones is 2. The predicted octanol–water partition coefficient (Wildman–Crippen LogP) is 2.56. The second-order valence-corrected chi connectivity index (χ2v) is 8.80. The largest absolute Gasteiger partial charge is 0.368 e. The van der Waals surface area contributed by atoms with Gasteiger partial charge in [0, 0.05) is 64.9 Å². The van der Waals surface area contributed by atoms with Gasteiger partial charge in [0.2, 0.25) is 0 Å². The van der Waals surface area contributed by atoms with Gasteiger partial charge in [-0.2, -0.15) is 0 Å². The average Bonchev–Trinajstić information content (AvgIpc) is 2.78. The summed E-state index contributed by atoms with van der Waals surface area (Å²) in [5.41, 5.74) is 5.59. The molecular formula is C25H29N5O2. The van der Waals surface area contributed by atoms with Crippen molar-refractivity contribution in [2.45, 2.75) is 32.7 Å². The number of piperazine rings is 1. The number of carbonyl (C=O) groups is 2. The topological polar surface area (TPSA) is 69.6 Å². The minimum Gasteiger partial charge on any atom is -0.368 e. The fraction of sp³-hybridized carbons (Fsp3) is 0.440. The molecule has 2 aromatic rings. The molecule has 3 aliphatic rings.